The molecular formula is C20H31N3O4. The fourth-order valence-corrected chi connectivity index (χ4v) is 4.47. The highest BCUT2D eigenvalue weighted by atomic mass is 16.5. The molecule has 27 heavy (non-hydrogen) atoms. The number of urea groups is 1. The molecule has 2 heterocycles. The highest BCUT2D eigenvalue weighted by molar-refractivity contribution is 5.75. The number of rotatable bonds is 5. The van der Waals surface area contributed by atoms with Crippen LogP contribution in [0.1, 0.15) is 68.5 Å². The number of aromatic nitrogens is 1. The predicted molar refractivity (Wildman–Crippen MR) is 100 cm³/mol. The molecular weight excluding hydrogens is 346 g/mol. The van der Waals surface area contributed by atoms with Crippen molar-refractivity contribution in [1.29, 1.82) is 0 Å². The van der Waals surface area contributed by atoms with Crippen LogP contribution in [-0.4, -0.2) is 41.8 Å². The van der Waals surface area contributed by atoms with Crippen molar-refractivity contribution < 1.29 is 18.8 Å². The Labute approximate surface area is 160 Å². The zero-order chi connectivity index (χ0) is 19.4. The molecule has 2 aliphatic rings. The minimum atomic E-state index is -0.0700. The van der Waals surface area contributed by atoms with Crippen LogP contribution in [0.4, 0.5) is 4.79 Å². The van der Waals surface area contributed by atoms with E-state index in [1.165, 1.54) is 0 Å². The zero-order valence-electron chi connectivity index (χ0n) is 16.6. The molecule has 2 amide bonds. The van der Waals surface area contributed by atoms with E-state index in [0.717, 1.165) is 62.1 Å². The van der Waals surface area contributed by atoms with E-state index >= 15 is 0 Å². The summed E-state index contributed by atoms with van der Waals surface area (Å²) < 4.78 is 10.4. The number of hydrogen-bond donors (Lipinski definition) is 1. The number of likely N-dealkylation sites (tertiary alicyclic amines) is 1. The molecule has 0 bridgehead atoms. The van der Waals surface area contributed by atoms with Gasteiger partial charge in [-0.05, 0) is 65.2 Å². The summed E-state index contributed by atoms with van der Waals surface area (Å²) in [6.45, 7) is 7.55. The van der Waals surface area contributed by atoms with E-state index in [2.05, 4.69) is 10.5 Å². The van der Waals surface area contributed by atoms with Crippen molar-refractivity contribution in [3.63, 3.8) is 0 Å². The van der Waals surface area contributed by atoms with E-state index in [0.29, 0.717) is 19.1 Å². The molecule has 1 saturated carbocycles. The molecule has 0 spiro atoms. The van der Waals surface area contributed by atoms with E-state index in [4.69, 9.17) is 9.26 Å². The summed E-state index contributed by atoms with van der Waals surface area (Å²) in [5.74, 6) is 1.19. The Bertz CT molecular complexity index is 645. The monoisotopic (exact) mass is 377 g/mol. The van der Waals surface area contributed by atoms with Gasteiger partial charge in [0.1, 0.15) is 5.76 Å². The normalized spacial score (nSPS) is 25.4. The molecule has 1 saturated heterocycles. The minimum Gasteiger partial charge on any atom is -0.466 e. The van der Waals surface area contributed by atoms with Gasteiger partial charge in [-0.25, -0.2) is 4.79 Å². The number of amides is 2. The van der Waals surface area contributed by atoms with Crippen molar-refractivity contribution in [1.82, 2.24) is 15.4 Å². The molecule has 1 aromatic rings. The topological polar surface area (TPSA) is 84.7 Å². The van der Waals surface area contributed by atoms with Crippen LogP contribution < -0.4 is 5.32 Å². The van der Waals surface area contributed by atoms with E-state index < -0.39 is 0 Å². The molecule has 2 fully saturated rings. The second-order valence-electron chi connectivity index (χ2n) is 7.75. The maximum absolute atomic E-state index is 12.8. The Morgan fingerprint density at radius 1 is 1.22 bits per heavy atom. The lowest BCUT2D eigenvalue weighted by molar-refractivity contribution is -0.149. The number of aryl methyl sites for hydroxylation is 2. The molecule has 1 N–H and O–H groups in total. The van der Waals surface area contributed by atoms with Gasteiger partial charge in [0.15, 0.2) is 0 Å². The first-order chi connectivity index (χ1) is 13.0. The number of ether oxygens (including phenoxy) is 1. The van der Waals surface area contributed by atoms with Gasteiger partial charge in [0.05, 0.1) is 24.3 Å². The van der Waals surface area contributed by atoms with E-state index in [1.54, 1.807) is 0 Å². The summed E-state index contributed by atoms with van der Waals surface area (Å²) in [5, 5.41) is 7.15. The average molecular weight is 377 g/mol. The Morgan fingerprint density at radius 3 is 2.59 bits per heavy atom. The number of hydrogen-bond acceptors (Lipinski definition) is 5. The van der Waals surface area contributed by atoms with Crippen LogP contribution in [0.15, 0.2) is 4.52 Å². The van der Waals surface area contributed by atoms with Crippen LogP contribution in [-0.2, 0) is 9.53 Å². The van der Waals surface area contributed by atoms with Gasteiger partial charge in [-0.1, -0.05) is 5.16 Å². The Balaban J connectivity index is 1.49. The van der Waals surface area contributed by atoms with Crippen LogP contribution in [0.3, 0.4) is 0 Å². The maximum Gasteiger partial charge on any atom is 0.317 e. The molecule has 1 aliphatic carbocycles. The number of nitrogens with zero attached hydrogens (tertiary/aromatic N) is 2. The van der Waals surface area contributed by atoms with Gasteiger partial charge in [0.25, 0.3) is 0 Å². The molecule has 3 rings (SSSR count). The zero-order valence-corrected chi connectivity index (χ0v) is 16.6. The molecule has 150 valence electrons. The first-order valence-electron chi connectivity index (χ1n) is 10.1. The second-order valence-corrected chi connectivity index (χ2v) is 7.75. The summed E-state index contributed by atoms with van der Waals surface area (Å²) >= 11 is 0. The highest BCUT2D eigenvalue weighted by Gasteiger charge is 2.34. The lowest BCUT2D eigenvalue weighted by atomic mass is 9.82. The molecule has 1 unspecified atom stereocenters. The highest BCUT2D eigenvalue weighted by Crippen LogP contribution is 2.35. The molecule has 1 aliphatic heterocycles. The van der Waals surface area contributed by atoms with Gasteiger partial charge in [-0.3, -0.25) is 4.79 Å². The third-order valence-corrected chi connectivity index (χ3v) is 5.94. The Kier molecular flexibility index (Phi) is 6.39. The number of nitrogens with one attached hydrogen (secondary N) is 1. The fraction of sp³-hybridized carbons (Fsp3) is 0.750. The minimum absolute atomic E-state index is 0.00924. The lowest BCUT2D eigenvalue weighted by Gasteiger charge is -2.29. The molecule has 1 aromatic heterocycles. The van der Waals surface area contributed by atoms with Gasteiger partial charge in [0.2, 0.25) is 0 Å². The van der Waals surface area contributed by atoms with Gasteiger partial charge < -0.3 is 19.5 Å². The summed E-state index contributed by atoms with van der Waals surface area (Å²) in [5.41, 5.74) is 1.92. The van der Waals surface area contributed by atoms with Crippen molar-refractivity contribution >= 4 is 12.0 Å². The first kappa shape index (κ1) is 19.7. The summed E-state index contributed by atoms with van der Waals surface area (Å²) in [6.07, 6.45) is 5.55. The van der Waals surface area contributed by atoms with Crippen LogP contribution in [0.2, 0.25) is 0 Å². The van der Waals surface area contributed by atoms with E-state index in [9.17, 15) is 9.59 Å². The molecule has 7 nitrogen and oxygen atoms in total. The lowest BCUT2D eigenvalue weighted by Crippen LogP contribution is -2.42. The SMILES string of the molecule is CCOC(=O)C1CCC(CNC(=O)N2CCCC2c2c(C)noc2C)CC1. The summed E-state index contributed by atoms with van der Waals surface area (Å²) in [4.78, 5) is 26.5. The summed E-state index contributed by atoms with van der Waals surface area (Å²) in [6, 6.07) is 0.0424. The van der Waals surface area contributed by atoms with Gasteiger partial charge in [-0.15, -0.1) is 0 Å². The number of esters is 1. The summed E-state index contributed by atoms with van der Waals surface area (Å²) in [7, 11) is 0. The third kappa shape index (κ3) is 4.45. The van der Waals surface area contributed by atoms with Gasteiger partial charge in [0, 0.05) is 18.7 Å². The Morgan fingerprint density at radius 2 is 1.96 bits per heavy atom. The van der Waals surface area contributed by atoms with E-state index in [-0.39, 0.29) is 24.0 Å². The van der Waals surface area contributed by atoms with Crippen molar-refractivity contribution in [3.8, 4) is 0 Å². The second kappa shape index (κ2) is 8.76. The number of carbonyl (C=O) groups excluding carboxylic acids is 2. The van der Waals surface area contributed by atoms with Crippen molar-refractivity contribution in [3.05, 3.63) is 17.0 Å². The predicted octanol–water partition coefficient (Wildman–Crippen LogP) is 3.51. The van der Waals surface area contributed by atoms with Crippen molar-refractivity contribution in [2.75, 3.05) is 19.7 Å². The smallest absolute Gasteiger partial charge is 0.317 e. The Hall–Kier alpha value is -2.05. The number of carbonyl (C=O) groups is 2. The fourth-order valence-electron chi connectivity index (χ4n) is 4.47. The molecule has 7 heteroatoms. The van der Waals surface area contributed by atoms with Gasteiger partial charge in [-0.2, -0.15) is 0 Å². The standard InChI is InChI=1S/C20H31N3O4/c1-4-26-19(24)16-9-7-15(8-10-16)12-21-20(25)23-11-5-6-17(23)18-13(2)22-27-14(18)3/h15-17H,4-12H2,1-3H3,(H,21,25). The quantitative estimate of drug-likeness (QED) is 0.794. The molecule has 1 atom stereocenters. The van der Waals surface area contributed by atoms with Crippen LogP contribution >= 0.6 is 0 Å². The van der Waals surface area contributed by atoms with Crippen molar-refractivity contribution in [2.45, 2.75) is 65.3 Å². The van der Waals surface area contributed by atoms with Gasteiger partial charge >= 0.3 is 12.0 Å². The first-order valence-corrected chi connectivity index (χ1v) is 10.1. The van der Waals surface area contributed by atoms with Crippen LogP contribution in [0.25, 0.3) is 0 Å². The maximum atomic E-state index is 12.8. The average Bonchev–Trinajstić information content (AvgIpc) is 3.26. The third-order valence-electron chi connectivity index (χ3n) is 5.94. The van der Waals surface area contributed by atoms with Crippen LogP contribution in [0, 0.1) is 25.7 Å². The molecule has 0 radical (unpaired) electrons. The molecule has 0 aromatic carbocycles. The van der Waals surface area contributed by atoms with E-state index in [1.807, 2.05) is 25.7 Å². The van der Waals surface area contributed by atoms with Crippen molar-refractivity contribution in [2.24, 2.45) is 11.8 Å². The van der Waals surface area contributed by atoms with Crippen LogP contribution in [0.5, 0.6) is 0 Å². The largest absolute Gasteiger partial charge is 0.466 e.